The molecule has 1 aromatic rings. The van der Waals surface area contributed by atoms with Gasteiger partial charge >= 0.3 is 0 Å². The average molecular weight is 214 g/mol. The fourth-order valence-electron chi connectivity index (χ4n) is 1.85. The molecule has 0 aliphatic heterocycles. The van der Waals surface area contributed by atoms with Gasteiger partial charge in [-0.05, 0) is 37.5 Å². The van der Waals surface area contributed by atoms with Gasteiger partial charge in [0.1, 0.15) is 5.54 Å². The van der Waals surface area contributed by atoms with Gasteiger partial charge in [0.15, 0.2) is 0 Å². The third-order valence-corrected chi connectivity index (χ3v) is 3.05. The molecule has 0 spiro atoms. The van der Waals surface area contributed by atoms with E-state index in [0.29, 0.717) is 11.3 Å². The van der Waals surface area contributed by atoms with Crippen LogP contribution in [0.5, 0.6) is 0 Å². The molecule has 4 N–H and O–H groups in total. The smallest absolute Gasteiger partial charge is 0.125 e. The van der Waals surface area contributed by atoms with E-state index in [1.807, 2.05) is 6.07 Å². The Morgan fingerprint density at radius 1 is 1.50 bits per heavy atom. The minimum absolute atomic E-state index is 0.407. The standard InChI is InChI=1S/C12H14N4/c13-7-9-6-10(2-3-11(9)15)16-12(8-14)4-1-5-12/h2-3,6-7,13,16H,1,4-5,15H2. The molecule has 16 heavy (non-hydrogen) atoms. The van der Waals surface area contributed by atoms with E-state index in [4.69, 9.17) is 16.4 Å². The van der Waals surface area contributed by atoms with Gasteiger partial charge in [-0.1, -0.05) is 0 Å². The fraction of sp³-hybridized carbons (Fsp3) is 0.333. The Morgan fingerprint density at radius 3 is 2.75 bits per heavy atom. The van der Waals surface area contributed by atoms with Crippen LogP contribution < -0.4 is 11.1 Å². The van der Waals surface area contributed by atoms with Crippen LogP contribution in [-0.4, -0.2) is 11.8 Å². The maximum atomic E-state index is 9.10. The van der Waals surface area contributed by atoms with Crippen molar-refractivity contribution in [3.63, 3.8) is 0 Å². The number of nitrogens with two attached hydrogens (primary N) is 1. The van der Waals surface area contributed by atoms with Crippen LogP contribution in [0.3, 0.4) is 0 Å². The zero-order valence-electron chi connectivity index (χ0n) is 8.96. The molecule has 4 heteroatoms. The fourth-order valence-corrected chi connectivity index (χ4v) is 1.85. The van der Waals surface area contributed by atoms with E-state index in [2.05, 4.69) is 11.4 Å². The van der Waals surface area contributed by atoms with Crippen molar-refractivity contribution in [1.82, 2.24) is 0 Å². The molecule has 0 heterocycles. The number of benzene rings is 1. The predicted octanol–water partition coefficient (Wildman–Crippen LogP) is 2.12. The van der Waals surface area contributed by atoms with Crippen LogP contribution in [0.4, 0.5) is 11.4 Å². The molecule has 0 radical (unpaired) electrons. The third-order valence-electron chi connectivity index (χ3n) is 3.05. The van der Waals surface area contributed by atoms with Crippen molar-refractivity contribution < 1.29 is 0 Å². The van der Waals surface area contributed by atoms with E-state index in [1.54, 1.807) is 12.1 Å². The lowest BCUT2D eigenvalue weighted by Gasteiger charge is -2.36. The Bertz CT molecular complexity index is 455. The second-order valence-corrected chi connectivity index (χ2v) is 4.16. The quantitative estimate of drug-likeness (QED) is 0.532. The van der Waals surface area contributed by atoms with E-state index in [-0.39, 0.29) is 0 Å². The summed E-state index contributed by atoms with van der Waals surface area (Å²) >= 11 is 0. The number of hydrogen-bond donors (Lipinski definition) is 3. The summed E-state index contributed by atoms with van der Waals surface area (Å²) in [6, 6.07) is 7.72. The van der Waals surface area contributed by atoms with Crippen LogP contribution in [-0.2, 0) is 0 Å². The molecule has 0 amide bonds. The second kappa shape index (κ2) is 3.86. The van der Waals surface area contributed by atoms with Gasteiger partial charge in [-0.25, -0.2) is 0 Å². The van der Waals surface area contributed by atoms with Gasteiger partial charge in [0.2, 0.25) is 0 Å². The van der Waals surface area contributed by atoms with Gasteiger partial charge < -0.3 is 16.5 Å². The molecular formula is C12H14N4. The minimum atomic E-state index is -0.407. The van der Waals surface area contributed by atoms with Crippen LogP contribution in [0.2, 0.25) is 0 Å². The molecule has 0 bridgehead atoms. The molecule has 1 aromatic carbocycles. The Kier molecular flexibility index (Phi) is 2.53. The van der Waals surface area contributed by atoms with Crippen molar-refractivity contribution in [3.05, 3.63) is 23.8 Å². The second-order valence-electron chi connectivity index (χ2n) is 4.16. The van der Waals surface area contributed by atoms with Crippen LogP contribution in [0.25, 0.3) is 0 Å². The molecular weight excluding hydrogens is 200 g/mol. The lowest BCUT2D eigenvalue weighted by Crippen LogP contribution is -2.43. The molecule has 0 saturated heterocycles. The molecule has 1 aliphatic carbocycles. The molecule has 0 unspecified atom stereocenters. The first-order valence-corrected chi connectivity index (χ1v) is 5.28. The number of anilines is 2. The normalized spacial score (nSPS) is 16.9. The SMILES string of the molecule is N#CC1(Nc2ccc(N)c(C=N)c2)CCC1. The molecule has 2 rings (SSSR count). The van der Waals surface area contributed by atoms with Gasteiger partial charge in [-0.2, -0.15) is 5.26 Å². The average Bonchev–Trinajstić information content (AvgIpc) is 2.25. The summed E-state index contributed by atoms with van der Waals surface area (Å²) in [6.07, 6.45) is 4.08. The van der Waals surface area contributed by atoms with Crippen molar-refractivity contribution >= 4 is 17.6 Å². The maximum absolute atomic E-state index is 9.10. The van der Waals surface area contributed by atoms with Crippen molar-refractivity contribution in [2.24, 2.45) is 0 Å². The molecule has 1 aliphatic rings. The Hall–Kier alpha value is -2.02. The van der Waals surface area contributed by atoms with E-state index in [1.165, 1.54) is 6.21 Å². The molecule has 82 valence electrons. The number of nitriles is 1. The molecule has 1 fully saturated rings. The van der Waals surface area contributed by atoms with Gasteiger partial charge in [-0.15, -0.1) is 0 Å². The Morgan fingerprint density at radius 2 is 2.25 bits per heavy atom. The highest BCUT2D eigenvalue weighted by Crippen LogP contribution is 2.35. The van der Waals surface area contributed by atoms with Crippen molar-refractivity contribution in [1.29, 1.82) is 10.7 Å². The van der Waals surface area contributed by atoms with E-state index < -0.39 is 5.54 Å². The van der Waals surface area contributed by atoms with E-state index >= 15 is 0 Å². The first kappa shape index (κ1) is 10.5. The monoisotopic (exact) mass is 214 g/mol. The summed E-state index contributed by atoms with van der Waals surface area (Å²) in [4.78, 5) is 0. The number of nitrogens with one attached hydrogen (secondary N) is 2. The highest BCUT2D eigenvalue weighted by Gasteiger charge is 2.36. The Labute approximate surface area is 94.6 Å². The van der Waals surface area contributed by atoms with Gasteiger partial charge in [0.25, 0.3) is 0 Å². The number of hydrogen-bond acceptors (Lipinski definition) is 4. The molecule has 0 aromatic heterocycles. The highest BCUT2D eigenvalue weighted by molar-refractivity contribution is 5.86. The lowest BCUT2D eigenvalue weighted by atomic mass is 9.78. The third kappa shape index (κ3) is 1.72. The van der Waals surface area contributed by atoms with Crippen molar-refractivity contribution in [2.75, 3.05) is 11.1 Å². The summed E-state index contributed by atoms with van der Waals surface area (Å²) < 4.78 is 0. The van der Waals surface area contributed by atoms with Crippen LogP contribution in [0.15, 0.2) is 18.2 Å². The van der Waals surface area contributed by atoms with Gasteiger partial charge in [0.05, 0.1) is 6.07 Å². The lowest BCUT2D eigenvalue weighted by molar-refractivity contribution is 0.356. The van der Waals surface area contributed by atoms with Gasteiger partial charge in [-0.3, -0.25) is 0 Å². The minimum Gasteiger partial charge on any atom is -0.398 e. The van der Waals surface area contributed by atoms with Crippen LogP contribution in [0, 0.1) is 16.7 Å². The summed E-state index contributed by atoms with van der Waals surface area (Å²) in [5.74, 6) is 0. The van der Waals surface area contributed by atoms with Crippen LogP contribution in [0.1, 0.15) is 24.8 Å². The zero-order chi connectivity index (χ0) is 11.6. The largest absolute Gasteiger partial charge is 0.398 e. The topological polar surface area (TPSA) is 85.7 Å². The van der Waals surface area contributed by atoms with E-state index in [9.17, 15) is 0 Å². The maximum Gasteiger partial charge on any atom is 0.125 e. The van der Waals surface area contributed by atoms with Crippen molar-refractivity contribution in [3.8, 4) is 6.07 Å². The summed E-state index contributed by atoms with van der Waals surface area (Å²) in [5.41, 5.74) is 7.41. The van der Waals surface area contributed by atoms with Crippen LogP contribution >= 0.6 is 0 Å². The first-order valence-electron chi connectivity index (χ1n) is 5.28. The Balaban J connectivity index is 2.22. The van der Waals surface area contributed by atoms with Crippen molar-refractivity contribution in [2.45, 2.75) is 24.8 Å². The molecule has 1 saturated carbocycles. The number of nitrogens with zero attached hydrogens (tertiary/aromatic N) is 1. The summed E-state index contributed by atoms with van der Waals surface area (Å²) in [5, 5.41) is 19.5. The zero-order valence-corrected chi connectivity index (χ0v) is 8.96. The highest BCUT2D eigenvalue weighted by atomic mass is 15.0. The molecule has 0 atom stereocenters. The van der Waals surface area contributed by atoms with Gasteiger partial charge in [0, 0.05) is 23.2 Å². The first-order chi connectivity index (χ1) is 7.69. The summed E-state index contributed by atoms with van der Waals surface area (Å²) in [7, 11) is 0. The van der Waals surface area contributed by atoms with E-state index in [0.717, 1.165) is 24.9 Å². The predicted molar refractivity (Wildman–Crippen MR) is 64.6 cm³/mol. The number of nitrogen functional groups attached to an aromatic ring is 1. The summed E-state index contributed by atoms with van der Waals surface area (Å²) in [6.45, 7) is 0. The number of rotatable bonds is 3. The molecule has 4 nitrogen and oxygen atoms in total.